The van der Waals surface area contributed by atoms with Crippen LogP contribution in [0.4, 0.5) is 10.1 Å². The number of thioether (sulfide) groups is 1. The van der Waals surface area contributed by atoms with Crippen LogP contribution in [0.3, 0.4) is 0 Å². The molecule has 0 aliphatic carbocycles. The van der Waals surface area contributed by atoms with Crippen LogP contribution in [-0.4, -0.2) is 16.6 Å². The van der Waals surface area contributed by atoms with Crippen LogP contribution in [0, 0.1) is 5.82 Å². The van der Waals surface area contributed by atoms with E-state index in [1.165, 1.54) is 23.9 Å². The molecule has 0 saturated heterocycles. The van der Waals surface area contributed by atoms with E-state index >= 15 is 0 Å². The van der Waals surface area contributed by atoms with Crippen LogP contribution in [0.15, 0.2) is 59.6 Å². The lowest BCUT2D eigenvalue weighted by Gasteiger charge is -2.04. The Balaban J connectivity index is 1.62. The number of carbonyl (C=O) groups is 1. The molecule has 0 unspecified atom stereocenters. The number of aromatic amines is 1. The second kappa shape index (κ2) is 6.01. The van der Waals surface area contributed by atoms with E-state index in [4.69, 9.17) is 0 Å². The van der Waals surface area contributed by atoms with Gasteiger partial charge in [0.05, 0.1) is 5.75 Å². The Bertz CT molecular complexity index is 767. The quantitative estimate of drug-likeness (QED) is 0.714. The zero-order chi connectivity index (χ0) is 14.7. The van der Waals surface area contributed by atoms with Gasteiger partial charge in [0.15, 0.2) is 0 Å². The number of para-hydroxylation sites is 1. The molecule has 3 nitrogen and oxygen atoms in total. The number of anilines is 1. The molecular formula is C16H13FN2OS. The summed E-state index contributed by atoms with van der Waals surface area (Å²) in [5, 5.41) is 3.85. The topological polar surface area (TPSA) is 44.9 Å². The number of fused-ring (bicyclic) bond motifs is 1. The van der Waals surface area contributed by atoms with Crippen molar-refractivity contribution in [2.24, 2.45) is 0 Å². The number of rotatable bonds is 4. The summed E-state index contributed by atoms with van der Waals surface area (Å²) in [7, 11) is 0. The Morgan fingerprint density at radius 3 is 2.71 bits per heavy atom. The number of amides is 1. The number of hydrogen-bond donors (Lipinski definition) is 2. The normalized spacial score (nSPS) is 10.7. The first-order chi connectivity index (χ1) is 10.2. The van der Waals surface area contributed by atoms with Crippen LogP contribution in [0.2, 0.25) is 0 Å². The SMILES string of the molecule is O=C(CSc1c[nH]c2ccccc12)Nc1ccc(F)cc1. The van der Waals surface area contributed by atoms with Gasteiger partial charge >= 0.3 is 0 Å². The Kier molecular flexibility index (Phi) is 3.92. The van der Waals surface area contributed by atoms with Gasteiger partial charge in [-0.05, 0) is 30.3 Å². The van der Waals surface area contributed by atoms with Crippen molar-refractivity contribution in [1.82, 2.24) is 4.98 Å². The molecule has 0 fully saturated rings. The lowest BCUT2D eigenvalue weighted by atomic mass is 10.2. The molecule has 2 N–H and O–H groups in total. The number of aromatic nitrogens is 1. The predicted molar refractivity (Wildman–Crippen MR) is 84.1 cm³/mol. The van der Waals surface area contributed by atoms with Gasteiger partial charge in [0.25, 0.3) is 0 Å². The minimum atomic E-state index is -0.318. The summed E-state index contributed by atoms with van der Waals surface area (Å²) in [6.45, 7) is 0. The van der Waals surface area contributed by atoms with Crippen molar-refractivity contribution < 1.29 is 9.18 Å². The monoisotopic (exact) mass is 300 g/mol. The van der Waals surface area contributed by atoms with Gasteiger partial charge in [-0.15, -0.1) is 11.8 Å². The van der Waals surface area contributed by atoms with Gasteiger partial charge < -0.3 is 10.3 Å². The van der Waals surface area contributed by atoms with Crippen molar-refractivity contribution >= 4 is 34.3 Å². The summed E-state index contributed by atoms with van der Waals surface area (Å²) in [4.78, 5) is 16.1. The van der Waals surface area contributed by atoms with Crippen LogP contribution in [0.1, 0.15) is 0 Å². The van der Waals surface area contributed by atoms with Gasteiger partial charge in [-0.3, -0.25) is 4.79 Å². The van der Waals surface area contributed by atoms with Gasteiger partial charge in [-0.25, -0.2) is 4.39 Å². The molecule has 0 atom stereocenters. The van der Waals surface area contributed by atoms with Crippen molar-refractivity contribution in [1.29, 1.82) is 0 Å². The zero-order valence-electron chi connectivity index (χ0n) is 11.1. The average molecular weight is 300 g/mol. The Labute approximate surface area is 125 Å². The highest BCUT2D eigenvalue weighted by Gasteiger charge is 2.07. The number of hydrogen-bond acceptors (Lipinski definition) is 2. The van der Waals surface area contributed by atoms with Crippen molar-refractivity contribution in [3.05, 3.63) is 60.5 Å². The number of benzene rings is 2. The van der Waals surface area contributed by atoms with Crippen LogP contribution in [-0.2, 0) is 4.79 Å². The maximum atomic E-state index is 12.8. The third-order valence-electron chi connectivity index (χ3n) is 3.04. The lowest BCUT2D eigenvalue weighted by molar-refractivity contribution is -0.113. The van der Waals surface area contributed by atoms with Crippen LogP contribution >= 0.6 is 11.8 Å². The maximum absolute atomic E-state index is 12.8. The first-order valence-corrected chi connectivity index (χ1v) is 7.45. The smallest absolute Gasteiger partial charge is 0.234 e. The van der Waals surface area contributed by atoms with Crippen LogP contribution < -0.4 is 5.32 Å². The summed E-state index contributed by atoms with van der Waals surface area (Å²) in [5.41, 5.74) is 1.65. The molecule has 0 radical (unpaired) electrons. The number of halogens is 1. The Morgan fingerprint density at radius 2 is 1.90 bits per heavy atom. The minimum Gasteiger partial charge on any atom is -0.360 e. The van der Waals surface area contributed by atoms with E-state index in [1.807, 2.05) is 30.5 Å². The lowest BCUT2D eigenvalue weighted by Crippen LogP contribution is -2.13. The van der Waals surface area contributed by atoms with Gasteiger partial charge in [0, 0.05) is 27.7 Å². The zero-order valence-corrected chi connectivity index (χ0v) is 11.9. The molecule has 1 heterocycles. The van der Waals surface area contributed by atoms with Crippen molar-refractivity contribution in [3.8, 4) is 0 Å². The second-order valence-corrected chi connectivity index (χ2v) is 5.56. The molecule has 0 aliphatic rings. The van der Waals surface area contributed by atoms with Gasteiger partial charge in [0.2, 0.25) is 5.91 Å². The van der Waals surface area contributed by atoms with Gasteiger partial charge in [-0.1, -0.05) is 18.2 Å². The molecule has 0 aliphatic heterocycles. The van der Waals surface area contributed by atoms with Crippen LogP contribution in [0.5, 0.6) is 0 Å². The molecule has 106 valence electrons. The number of H-pyrrole nitrogens is 1. The summed E-state index contributed by atoms with van der Waals surface area (Å²) < 4.78 is 12.8. The molecule has 1 amide bonds. The maximum Gasteiger partial charge on any atom is 0.234 e. The Morgan fingerprint density at radius 1 is 1.14 bits per heavy atom. The van der Waals surface area contributed by atoms with E-state index in [1.54, 1.807) is 12.1 Å². The van der Waals surface area contributed by atoms with E-state index in [-0.39, 0.29) is 11.7 Å². The molecule has 0 bridgehead atoms. The minimum absolute atomic E-state index is 0.114. The number of nitrogens with one attached hydrogen (secondary N) is 2. The molecule has 3 aromatic rings. The molecule has 2 aromatic carbocycles. The summed E-state index contributed by atoms with van der Waals surface area (Å²) in [6, 6.07) is 13.7. The van der Waals surface area contributed by atoms with Crippen LogP contribution in [0.25, 0.3) is 10.9 Å². The molecular weight excluding hydrogens is 287 g/mol. The highest BCUT2D eigenvalue weighted by atomic mass is 32.2. The van der Waals surface area contributed by atoms with Crippen molar-refractivity contribution in [2.45, 2.75) is 4.90 Å². The van der Waals surface area contributed by atoms with E-state index in [0.717, 1.165) is 15.8 Å². The molecule has 0 spiro atoms. The molecule has 3 rings (SSSR count). The standard InChI is InChI=1S/C16H13FN2OS/c17-11-5-7-12(8-6-11)19-16(20)10-21-15-9-18-14-4-2-1-3-13(14)15/h1-9,18H,10H2,(H,19,20). The summed E-state index contributed by atoms with van der Waals surface area (Å²) in [6.07, 6.45) is 1.90. The fourth-order valence-electron chi connectivity index (χ4n) is 2.04. The fraction of sp³-hybridized carbons (Fsp3) is 0.0625. The molecule has 21 heavy (non-hydrogen) atoms. The fourth-order valence-corrected chi connectivity index (χ4v) is 2.87. The van der Waals surface area contributed by atoms with E-state index < -0.39 is 0 Å². The predicted octanol–water partition coefficient (Wildman–Crippen LogP) is 4.04. The van der Waals surface area contributed by atoms with Gasteiger partial charge in [-0.2, -0.15) is 0 Å². The van der Waals surface area contributed by atoms with Crippen molar-refractivity contribution in [2.75, 3.05) is 11.1 Å². The third kappa shape index (κ3) is 3.25. The van der Waals surface area contributed by atoms with E-state index in [0.29, 0.717) is 11.4 Å². The van der Waals surface area contributed by atoms with Crippen molar-refractivity contribution in [3.63, 3.8) is 0 Å². The second-order valence-electron chi connectivity index (χ2n) is 4.54. The average Bonchev–Trinajstić information content (AvgIpc) is 2.91. The van der Waals surface area contributed by atoms with E-state index in [9.17, 15) is 9.18 Å². The molecule has 0 saturated carbocycles. The summed E-state index contributed by atoms with van der Waals surface area (Å²) in [5.74, 6) is -0.128. The largest absolute Gasteiger partial charge is 0.360 e. The van der Waals surface area contributed by atoms with E-state index in [2.05, 4.69) is 10.3 Å². The highest BCUT2D eigenvalue weighted by molar-refractivity contribution is 8.00. The first kappa shape index (κ1) is 13.7. The van der Waals surface area contributed by atoms with Gasteiger partial charge in [0.1, 0.15) is 5.82 Å². The number of carbonyl (C=O) groups excluding carboxylic acids is 1. The highest BCUT2D eigenvalue weighted by Crippen LogP contribution is 2.27. The molecule has 5 heteroatoms. The first-order valence-electron chi connectivity index (χ1n) is 6.47. The summed E-state index contributed by atoms with van der Waals surface area (Å²) >= 11 is 1.47. The molecule has 1 aromatic heterocycles. The third-order valence-corrected chi connectivity index (χ3v) is 4.09. The Hall–Kier alpha value is -2.27.